The van der Waals surface area contributed by atoms with Crippen LogP contribution >= 0.6 is 0 Å². The van der Waals surface area contributed by atoms with E-state index >= 15 is 0 Å². The molecule has 0 saturated carbocycles. The number of likely N-dealkylation sites (tertiary alicyclic amines) is 1. The van der Waals surface area contributed by atoms with Gasteiger partial charge in [0, 0.05) is 25.2 Å². The van der Waals surface area contributed by atoms with Gasteiger partial charge >= 0.3 is 13.2 Å². The first-order valence-corrected chi connectivity index (χ1v) is 12.9. The molecule has 194 valence electrons. The van der Waals surface area contributed by atoms with Gasteiger partial charge in [-0.1, -0.05) is 30.3 Å². The van der Waals surface area contributed by atoms with Crippen molar-refractivity contribution in [1.82, 2.24) is 10.2 Å². The largest absolute Gasteiger partial charge is 0.495 e. The van der Waals surface area contributed by atoms with Crippen LogP contribution in [0.15, 0.2) is 36.4 Å². The highest BCUT2D eigenvalue weighted by Gasteiger charge is 2.52. The van der Waals surface area contributed by atoms with Crippen molar-refractivity contribution in [2.75, 3.05) is 19.6 Å². The highest BCUT2D eigenvalue weighted by atomic mass is 16.7. The van der Waals surface area contributed by atoms with E-state index in [9.17, 15) is 9.59 Å². The summed E-state index contributed by atoms with van der Waals surface area (Å²) in [5.41, 5.74) is 0.246. The Labute approximate surface area is 215 Å². The zero-order valence-electron chi connectivity index (χ0n) is 22.6. The molecule has 4 rings (SSSR count). The Morgan fingerprint density at radius 1 is 1.00 bits per heavy atom. The number of alkyl carbamates (subject to hydrolysis) is 1. The Bertz CT molecular complexity index is 1120. The molecule has 0 aliphatic carbocycles. The molecular formula is C28H39BN2O5. The van der Waals surface area contributed by atoms with E-state index in [1.54, 1.807) is 0 Å². The summed E-state index contributed by atoms with van der Waals surface area (Å²) in [4.78, 5) is 27.4. The molecule has 0 aromatic heterocycles. The third-order valence-electron chi connectivity index (χ3n) is 7.53. The van der Waals surface area contributed by atoms with E-state index < -0.39 is 30.0 Å². The maximum atomic E-state index is 13.6. The second kappa shape index (κ2) is 9.71. The SMILES string of the molecule is CC(C)(C)OC(=O)NCC1CCN(C(=O)c2cccc3c(B4OC(C)(C)C(C)(C)O4)cccc23)CC1. The van der Waals surface area contributed by atoms with Crippen LogP contribution in [0.1, 0.15) is 71.7 Å². The molecule has 0 atom stereocenters. The smallest absolute Gasteiger partial charge is 0.444 e. The summed E-state index contributed by atoms with van der Waals surface area (Å²) in [5.74, 6) is 0.356. The van der Waals surface area contributed by atoms with Gasteiger partial charge in [-0.25, -0.2) is 4.79 Å². The Morgan fingerprint density at radius 3 is 2.19 bits per heavy atom. The van der Waals surface area contributed by atoms with Crippen molar-refractivity contribution in [3.63, 3.8) is 0 Å². The van der Waals surface area contributed by atoms with Gasteiger partial charge in [0.05, 0.1) is 11.2 Å². The monoisotopic (exact) mass is 494 g/mol. The molecule has 2 fully saturated rings. The lowest BCUT2D eigenvalue weighted by molar-refractivity contribution is 0.00578. The molecule has 1 N–H and O–H groups in total. The average Bonchev–Trinajstić information content (AvgIpc) is 3.02. The highest BCUT2D eigenvalue weighted by molar-refractivity contribution is 6.65. The van der Waals surface area contributed by atoms with Gasteiger partial charge in [0.25, 0.3) is 5.91 Å². The molecule has 2 aliphatic heterocycles. The van der Waals surface area contributed by atoms with Gasteiger partial charge < -0.3 is 24.3 Å². The maximum absolute atomic E-state index is 13.6. The van der Waals surface area contributed by atoms with E-state index in [1.807, 2.05) is 89.8 Å². The zero-order valence-corrected chi connectivity index (χ0v) is 22.6. The van der Waals surface area contributed by atoms with Gasteiger partial charge in [-0.05, 0) is 89.5 Å². The first-order valence-electron chi connectivity index (χ1n) is 12.9. The Balaban J connectivity index is 1.44. The predicted octanol–water partition coefficient (Wildman–Crippen LogP) is 4.52. The second-order valence-electron chi connectivity index (χ2n) is 12.0. The van der Waals surface area contributed by atoms with Gasteiger partial charge in [-0.3, -0.25) is 4.79 Å². The standard InChI is InChI=1S/C28H39BN2O5/c1-26(2,3)34-25(33)30-18-19-14-16-31(17-15-19)24(32)22-12-8-11-21-20(22)10-9-13-23(21)29-35-27(4,5)28(6,7)36-29/h8-13,19H,14-18H2,1-7H3,(H,30,33). The molecule has 2 amide bonds. The maximum Gasteiger partial charge on any atom is 0.495 e. The molecule has 2 aromatic carbocycles. The van der Waals surface area contributed by atoms with Crippen LogP contribution in [-0.4, -0.2) is 60.5 Å². The van der Waals surface area contributed by atoms with E-state index in [1.165, 1.54) is 0 Å². The van der Waals surface area contributed by atoms with Crippen molar-refractivity contribution in [2.24, 2.45) is 5.92 Å². The number of nitrogens with zero attached hydrogens (tertiary/aromatic N) is 1. The Kier molecular flexibility index (Phi) is 7.14. The molecule has 0 spiro atoms. The number of hydrogen-bond donors (Lipinski definition) is 1. The normalized spacial score (nSPS) is 20.0. The van der Waals surface area contributed by atoms with E-state index in [-0.39, 0.29) is 5.91 Å². The third-order valence-corrected chi connectivity index (χ3v) is 7.53. The minimum absolute atomic E-state index is 0.0326. The summed E-state index contributed by atoms with van der Waals surface area (Å²) in [5, 5.41) is 4.74. The fraction of sp³-hybridized carbons (Fsp3) is 0.571. The van der Waals surface area contributed by atoms with E-state index in [0.717, 1.165) is 29.1 Å². The third kappa shape index (κ3) is 5.55. The lowest BCUT2D eigenvalue weighted by Gasteiger charge is -2.32. The zero-order chi connectivity index (χ0) is 26.3. The van der Waals surface area contributed by atoms with Crippen LogP contribution in [0.3, 0.4) is 0 Å². The Morgan fingerprint density at radius 2 is 1.58 bits per heavy atom. The van der Waals surface area contributed by atoms with E-state index in [0.29, 0.717) is 31.1 Å². The van der Waals surface area contributed by atoms with Gasteiger partial charge in [0.1, 0.15) is 5.60 Å². The van der Waals surface area contributed by atoms with Crippen molar-refractivity contribution < 1.29 is 23.6 Å². The highest BCUT2D eigenvalue weighted by Crippen LogP contribution is 2.37. The van der Waals surface area contributed by atoms with Gasteiger partial charge in [0.2, 0.25) is 0 Å². The quantitative estimate of drug-likeness (QED) is 0.633. The number of ether oxygens (including phenoxy) is 1. The van der Waals surface area contributed by atoms with Crippen LogP contribution in [0.5, 0.6) is 0 Å². The summed E-state index contributed by atoms with van der Waals surface area (Å²) in [6.45, 7) is 15.6. The van der Waals surface area contributed by atoms with Crippen LogP contribution in [0.2, 0.25) is 0 Å². The fourth-order valence-corrected chi connectivity index (χ4v) is 4.75. The predicted molar refractivity (Wildman–Crippen MR) is 143 cm³/mol. The van der Waals surface area contributed by atoms with Gasteiger partial charge in [-0.15, -0.1) is 0 Å². The molecule has 2 heterocycles. The number of hydrogen-bond acceptors (Lipinski definition) is 5. The molecule has 0 unspecified atom stereocenters. The molecule has 2 aromatic rings. The summed E-state index contributed by atoms with van der Waals surface area (Å²) >= 11 is 0. The average molecular weight is 494 g/mol. The van der Waals surface area contributed by atoms with E-state index in [2.05, 4.69) is 5.32 Å². The fourth-order valence-electron chi connectivity index (χ4n) is 4.75. The van der Waals surface area contributed by atoms with Crippen LogP contribution in [-0.2, 0) is 14.0 Å². The number of benzene rings is 2. The molecule has 2 saturated heterocycles. The summed E-state index contributed by atoms with van der Waals surface area (Å²) < 4.78 is 17.9. The van der Waals surface area contributed by atoms with Gasteiger partial charge in [-0.2, -0.15) is 0 Å². The lowest BCUT2D eigenvalue weighted by Crippen LogP contribution is -2.42. The summed E-state index contributed by atoms with van der Waals surface area (Å²) in [6, 6.07) is 11.8. The molecular weight excluding hydrogens is 455 g/mol. The van der Waals surface area contributed by atoms with E-state index in [4.69, 9.17) is 14.0 Å². The molecule has 8 heteroatoms. The van der Waals surface area contributed by atoms with Crippen LogP contribution in [0.25, 0.3) is 10.8 Å². The first-order chi connectivity index (χ1) is 16.8. The van der Waals surface area contributed by atoms with Crippen molar-refractivity contribution in [3.05, 3.63) is 42.0 Å². The number of rotatable bonds is 4. The van der Waals surface area contributed by atoms with Crippen LogP contribution in [0, 0.1) is 5.92 Å². The van der Waals surface area contributed by atoms with Crippen molar-refractivity contribution >= 4 is 35.4 Å². The summed E-state index contributed by atoms with van der Waals surface area (Å²) in [6.07, 6.45) is 1.28. The Hall–Kier alpha value is -2.58. The minimum atomic E-state index is -0.513. The summed E-state index contributed by atoms with van der Waals surface area (Å²) in [7, 11) is -0.489. The molecule has 2 aliphatic rings. The number of carbonyl (C=O) groups excluding carboxylic acids is 2. The molecule has 0 radical (unpaired) electrons. The topological polar surface area (TPSA) is 77.1 Å². The number of nitrogens with one attached hydrogen (secondary N) is 1. The molecule has 36 heavy (non-hydrogen) atoms. The van der Waals surface area contributed by atoms with Crippen molar-refractivity contribution in [1.29, 1.82) is 0 Å². The van der Waals surface area contributed by atoms with Crippen LogP contribution in [0.4, 0.5) is 4.79 Å². The number of piperidine rings is 1. The number of fused-ring (bicyclic) bond motifs is 1. The minimum Gasteiger partial charge on any atom is -0.444 e. The lowest BCUT2D eigenvalue weighted by atomic mass is 9.75. The molecule has 7 nitrogen and oxygen atoms in total. The number of amides is 2. The first kappa shape index (κ1) is 26.5. The van der Waals surface area contributed by atoms with Crippen LogP contribution < -0.4 is 10.8 Å². The van der Waals surface area contributed by atoms with Crippen molar-refractivity contribution in [2.45, 2.75) is 78.1 Å². The number of carbonyl (C=O) groups is 2. The molecule has 0 bridgehead atoms. The van der Waals surface area contributed by atoms with Gasteiger partial charge in [0.15, 0.2) is 0 Å². The second-order valence-corrected chi connectivity index (χ2v) is 12.0. The van der Waals surface area contributed by atoms with Crippen molar-refractivity contribution in [3.8, 4) is 0 Å².